The zero-order chi connectivity index (χ0) is 10.6. The van der Waals surface area contributed by atoms with Gasteiger partial charge in [0.05, 0.1) is 0 Å². The van der Waals surface area contributed by atoms with Crippen LogP contribution in [0.2, 0.25) is 0 Å². The van der Waals surface area contributed by atoms with Crippen LogP contribution in [0.1, 0.15) is 0 Å². The van der Waals surface area contributed by atoms with Crippen molar-refractivity contribution < 1.29 is 18.0 Å². The van der Waals surface area contributed by atoms with E-state index in [-0.39, 0.29) is 0 Å². The summed E-state index contributed by atoms with van der Waals surface area (Å²) in [5.74, 6) is -1.95. The van der Waals surface area contributed by atoms with E-state index < -0.39 is 12.1 Å². The summed E-state index contributed by atoms with van der Waals surface area (Å²) >= 11 is 0.636. The second kappa shape index (κ2) is 4.36. The fourth-order valence-corrected chi connectivity index (χ4v) is 1.27. The van der Waals surface area contributed by atoms with E-state index in [1.165, 1.54) is 0 Å². The summed E-state index contributed by atoms with van der Waals surface area (Å²) in [6.07, 6.45) is -4.83. The minimum absolute atomic E-state index is 0.546. The van der Waals surface area contributed by atoms with Crippen LogP contribution in [0.15, 0.2) is 35.2 Å². The summed E-state index contributed by atoms with van der Waals surface area (Å²) in [6.45, 7) is 0. The van der Waals surface area contributed by atoms with Crippen molar-refractivity contribution in [2.45, 2.75) is 11.1 Å². The van der Waals surface area contributed by atoms with Crippen LogP contribution in [-0.2, 0) is 4.79 Å². The number of benzene rings is 1. The van der Waals surface area contributed by atoms with Crippen LogP contribution in [-0.4, -0.2) is 12.1 Å². The Kier molecular flexibility index (Phi) is 3.40. The third kappa shape index (κ3) is 3.29. The van der Waals surface area contributed by atoms with Gasteiger partial charge in [-0.05, 0) is 24.1 Å². The van der Waals surface area contributed by atoms with Crippen molar-refractivity contribution >= 4 is 17.9 Å². The van der Waals surface area contributed by atoms with Crippen molar-refractivity contribution in [2.24, 2.45) is 0 Å². The number of nitrogens with one attached hydrogen (secondary N) is 1. The van der Waals surface area contributed by atoms with Crippen molar-refractivity contribution in [1.29, 1.82) is 0 Å². The first-order valence-corrected chi connectivity index (χ1v) is 4.41. The zero-order valence-corrected chi connectivity index (χ0v) is 7.65. The topological polar surface area (TPSA) is 29.1 Å². The number of alkyl halides is 3. The maximum absolute atomic E-state index is 11.7. The molecule has 6 heteroatoms. The van der Waals surface area contributed by atoms with Gasteiger partial charge in [0.2, 0.25) is 0 Å². The van der Waals surface area contributed by atoms with Crippen LogP contribution in [0, 0.1) is 0 Å². The lowest BCUT2D eigenvalue weighted by atomic mass is 10.4. The maximum Gasteiger partial charge on any atom is 0.472 e. The van der Waals surface area contributed by atoms with E-state index in [4.69, 9.17) is 0 Å². The van der Waals surface area contributed by atoms with Gasteiger partial charge in [-0.3, -0.25) is 9.52 Å². The number of amides is 1. The Hall–Kier alpha value is -1.17. The second-order valence-corrected chi connectivity index (χ2v) is 3.22. The van der Waals surface area contributed by atoms with E-state index in [0.29, 0.717) is 16.8 Å². The van der Waals surface area contributed by atoms with Crippen molar-refractivity contribution in [3.8, 4) is 0 Å². The lowest BCUT2D eigenvalue weighted by Gasteiger charge is -2.06. The van der Waals surface area contributed by atoms with Gasteiger partial charge < -0.3 is 0 Å². The van der Waals surface area contributed by atoms with Crippen molar-refractivity contribution in [2.75, 3.05) is 0 Å². The number of halogens is 3. The van der Waals surface area contributed by atoms with E-state index >= 15 is 0 Å². The highest BCUT2D eigenvalue weighted by Crippen LogP contribution is 2.19. The molecule has 2 nitrogen and oxygen atoms in total. The van der Waals surface area contributed by atoms with E-state index in [0.717, 1.165) is 0 Å². The van der Waals surface area contributed by atoms with Crippen molar-refractivity contribution in [3.05, 3.63) is 30.3 Å². The Morgan fingerprint density at radius 3 is 2.29 bits per heavy atom. The van der Waals surface area contributed by atoms with Gasteiger partial charge in [-0.2, -0.15) is 13.2 Å². The minimum atomic E-state index is -4.83. The molecule has 0 atom stereocenters. The summed E-state index contributed by atoms with van der Waals surface area (Å²) in [6, 6.07) is 8.27. The first-order valence-electron chi connectivity index (χ1n) is 3.59. The highest BCUT2D eigenvalue weighted by molar-refractivity contribution is 7.98. The van der Waals surface area contributed by atoms with Crippen LogP contribution in [0.3, 0.4) is 0 Å². The van der Waals surface area contributed by atoms with Crippen LogP contribution in [0.25, 0.3) is 0 Å². The Morgan fingerprint density at radius 2 is 1.79 bits per heavy atom. The van der Waals surface area contributed by atoms with Crippen molar-refractivity contribution in [3.63, 3.8) is 0 Å². The van der Waals surface area contributed by atoms with E-state index in [1.54, 1.807) is 35.1 Å². The number of carbonyl (C=O) groups excluding carboxylic acids is 1. The van der Waals surface area contributed by atoms with Crippen molar-refractivity contribution in [1.82, 2.24) is 4.72 Å². The van der Waals surface area contributed by atoms with E-state index in [2.05, 4.69) is 0 Å². The van der Waals surface area contributed by atoms with Crippen LogP contribution < -0.4 is 4.72 Å². The van der Waals surface area contributed by atoms with E-state index in [9.17, 15) is 18.0 Å². The Labute approximate surface area is 82.6 Å². The first-order chi connectivity index (χ1) is 6.50. The maximum atomic E-state index is 11.7. The lowest BCUT2D eigenvalue weighted by molar-refractivity contribution is -0.171. The van der Waals surface area contributed by atoms with Crippen LogP contribution in [0.5, 0.6) is 0 Å². The van der Waals surface area contributed by atoms with Gasteiger partial charge in [-0.15, -0.1) is 0 Å². The summed E-state index contributed by atoms with van der Waals surface area (Å²) in [5, 5.41) is 0. The minimum Gasteiger partial charge on any atom is -0.288 e. The summed E-state index contributed by atoms with van der Waals surface area (Å²) < 4.78 is 36.9. The smallest absolute Gasteiger partial charge is 0.288 e. The van der Waals surface area contributed by atoms with Gasteiger partial charge in [0, 0.05) is 4.90 Å². The molecule has 0 aromatic heterocycles. The summed E-state index contributed by atoms with van der Waals surface area (Å²) in [7, 11) is 0. The summed E-state index contributed by atoms with van der Waals surface area (Å²) in [4.78, 5) is 10.9. The Morgan fingerprint density at radius 1 is 1.21 bits per heavy atom. The molecule has 14 heavy (non-hydrogen) atoms. The highest BCUT2D eigenvalue weighted by Gasteiger charge is 2.38. The Balaban J connectivity index is 2.46. The van der Waals surface area contributed by atoms with Gasteiger partial charge >= 0.3 is 12.1 Å². The molecule has 0 saturated heterocycles. The molecule has 0 unspecified atom stereocenters. The van der Waals surface area contributed by atoms with E-state index in [1.807, 2.05) is 0 Å². The molecular weight excluding hydrogens is 215 g/mol. The van der Waals surface area contributed by atoms with Crippen LogP contribution in [0.4, 0.5) is 13.2 Å². The molecule has 0 aliphatic carbocycles. The third-order valence-corrected chi connectivity index (χ3v) is 2.06. The SMILES string of the molecule is O=C(NSc1ccccc1)C(F)(F)F. The molecule has 0 saturated carbocycles. The standard InChI is InChI=1S/C8H6F3NOS/c9-8(10,11)7(13)12-14-6-4-2-1-3-5-6/h1-5H,(H,12,13). The predicted molar refractivity (Wildman–Crippen MR) is 46.5 cm³/mol. The number of hydrogen-bond acceptors (Lipinski definition) is 2. The van der Waals surface area contributed by atoms with Gasteiger partial charge in [0.15, 0.2) is 0 Å². The summed E-state index contributed by atoms with van der Waals surface area (Å²) in [5.41, 5.74) is 0. The fourth-order valence-electron chi connectivity index (χ4n) is 0.652. The first kappa shape index (κ1) is 10.9. The quantitative estimate of drug-likeness (QED) is 0.777. The monoisotopic (exact) mass is 221 g/mol. The van der Waals surface area contributed by atoms with Gasteiger partial charge in [-0.25, -0.2) is 0 Å². The molecular formula is C8H6F3NOS. The largest absolute Gasteiger partial charge is 0.472 e. The Bertz CT molecular complexity index is 312. The molecule has 0 heterocycles. The lowest BCUT2D eigenvalue weighted by Crippen LogP contribution is -2.32. The molecule has 0 aliphatic rings. The molecule has 1 N–H and O–H groups in total. The normalized spacial score (nSPS) is 11.1. The zero-order valence-electron chi connectivity index (χ0n) is 6.84. The molecule has 0 bridgehead atoms. The number of hydrogen-bond donors (Lipinski definition) is 1. The van der Waals surface area contributed by atoms with Crippen LogP contribution >= 0.6 is 11.9 Å². The third-order valence-electron chi connectivity index (χ3n) is 1.26. The van der Waals surface area contributed by atoms with Gasteiger partial charge in [0.1, 0.15) is 0 Å². The number of rotatable bonds is 2. The van der Waals surface area contributed by atoms with Gasteiger partial charge in [0.25, 0.3) is 0 Å². The molecule has 1 aromatic carbocycles. The fraction of sp³-hybridized carbons (Fsp3) is 0.125. The average molecular weight is 221 g/mol. The van der Waals surface area contributed by atoms with Gasteiger partial charge in [-0.1, -0.05) is 18.2 Å². The molecule has 0 spiro atoms. The molecule has 0 radical (unpaired) electrons. The highest BCUT2D eigenvalue weighted by atomic mass is 32.2. The molecule has 1 rings (SSSR count). The molecule has 0 fully saturated rings. The molecule has 1 aromatic rings. The average Bonchev–Trinajstić information content (AvgIpc) is 2.14. The number of carbonyl (C=O) groups is 1. The predicted octanol–water partition coefficient (Wildman–Crippen LogP) is 2.37. The molecule has 76 valence electrons. The second-order valence-electron chi connectivity index (χ2n) is 2.34. The molecule has 1 amide bonds. The molecule has 0 aliphatic heterocycles.